The van der Waals surface area contributed by atoms with Gasteiger partial charge in [0.15, 0.2) is 11.5 Å². The molecule has 0 radical (unpaired) electrons. The highest BCUT2D eigenvalue weighted by Crippen LogP contribution is 2.47. The van der Waals surface area contributed by atoms with Gasteiger partial charge >= 0.3 is 0 Å². The molecule has 0 fully saturated rings. The highest BCUT2D eigenvalue weighted by molar-refractivity contribution is 6.32. The third-order valence-corrected chi connectivity index (χ3v) is 3.32. The highest BCUT2D eigenvalue weighted by atomic mass is 35.5. The summed E-state index contributed by atoms with van der Waals surface area (Å²) < 4.78 is 16.1. The monoisotopic (exact) mass is 284 g/mol. The third-order valence-electron chi connectivity index (χ3n) is 3.04. The summed E-state index contributed by atoms with van der Waals surface area (Å²) in [6.45, 7) is 4.13. The number of allylic oxidation sites excluding steroid dienone is 2. The molecule has 1 unspecified atom stereocenters. The van der Waals surface area contributed by atoms with Gasteiger partial charge in [0.25, 0.3) is 0 Å². The van der Waals surface area contributed by atoms with Gasteiger partial charge in [-0.3, -0.25) is 0 Å². The lowest BCUT2D eigenvalue weighted by Gasteiger charge is -2.20. The number of hydrogen-bond acceptors (Lipinski definition) is 3. The quantitative estimate of drug-likeness (QED) is 0.723. The van der Waals surface area contributed by atoms with E-state index >= 15 is 0 Å². The van der Waals surface area contributed by atoms with Gasteiger partial charge in [-0.05, 0) is 25.3 Å². The molecular weight excluding hydrogens is 264 g/mol. The van der Waals surface area contributed by atoms with Crippen molar-refractivity contribution in [3.63, 3.8) is 0 Å². The Morgan fingerprint density at radius 1 is 1.11 bits per heavy atom. The molecule has 0 saturated carbocycles. The first-order valence-electron chi connectivity index (χ1n) is 6.20. The van der Waals surface area contributed by atoms with Crippen molar-refractivity contribution in [2.45, 2.75) is 26.2 Å². The van der Waals surface area contributed by atoms with Crippen LogP contribution in [-0.4, -0.2) is 21.3 Å². The van der Waals surface area contributed by atoms with Crippen LogP contribution in [-0.2, 0) is 0 Å². The number of halogens is 1. The number of rotatable bonds is 6. The van der Waals surface area contributed by atoms with Gasteiger partial charge in [0, 0.05) is 5.56 Å². The molecule has 1 atom stereocenters. The van der Waals surface area contributed by atoms with Crippen LogP contribution in [0.3, 0.4) is 0 Å². The molecule has 1 aromatic rings. The Morgan fingerprint density at radius 2 is 1.68 bits per heavy atom. The van der Waals surface area contributed by atoms with E-state index in [0.717, 1.165) is 12.0 Å². The number of methoxy groups -OCH3 is 3. The molecule has 0 aromatic heterocycles. The van der Waals surface area contributed by atoms with Crippen LogP contribution in [0.15, 0.2) is 18.2 Å². The molecule has 1 aromatic carbocycles. The van der Waals surface area contributed by atoms with E-state index in [1.165, 1.54) is 0 Å². The Balaban J connectivity index is 3.35. The molecule has 0 aliphatic rings. The summed E-state index contributed by atoms with van der Waals surface area (Å²) in [6.07, 6.45) is 5.07. The second kappa shape index (κ2) is 7.29. The summed E-state index contributed by atoms with van der Waals surface area (Å²) in [4.78, 5) is 0. The van der Waals surface area contributed by atoms with E-state index in [4.69, 9.17) is 25.8 Å². The minimum Gasteiger partial charge on any atom is -0.492 e. The second-order valence-electron chi connectivity index (χ2n) is 4.25. The minimum atomic E-state index is 0.281. The summed E-state index contributed by atoms with van der Waals surface area (Å²) in [7, 11) is 4.76. The van der Waals surface area contributed by atoms with Gasteiger partial charge in [0.05, 0.1) is 26.4 Å². The van der Waals surface area contributed by atoms with Crippen molar-refractivity contribution >= 4 is 11.6 Å². The lowest BCUT2D eigenvalue weighted by molar-refractivity contribution is 0.321. The Kier molecular flexibility index (Phi) is 6.03. The zero-order chi connectivity index (χ0) is 14.4. The van der Waals surface area contributed by atoms with Crippen molar-refractivity contribution < 1.29 is 14.2 Å². The molecule has 0 amide bonds. The molecule has 0 aliphatic carbocycles. The smallest absolute Gasteiger partial charge is 0.205 e. The molecule has 3 nitrogen and oxygen atoms in total. The summed E-state index contributed by atoms with van der Waals surface area (Å²) >= 11 is 6.24. The predicted octanol–water partition coefficient (Wildman–Crippen LogP) is 4.44. The van der Waals surface area contributed by atoms with Crippen molar-refractivity contribution in [2.24, 2.45) is 0 Å². The lowest BCUT2D eigenvalue weighted by Crippen LogP contribution is -2.02. The van der Waals surface area contributed by atoms with Crippen LogP contribution in [0, 0.1) is 0 Å². The van der Waals surface area contributed by atoms with Crippen molar-refractivity contribution in [1.29, 1.82) is 0 Å². The van der Waals surface area contributed by atoms with Gasteiger partial charge in [-0.1, -0.05) is 30.7 Å². The lowest BCUT2D eigenvalue weighted by atomic mass is 9.96. The molecule has 0 N–H and O–H groups in total. The Morgan fingerprint density at radius 3 is 2.16 bits per heavy atom. The summed E-state index contributed by atoms with van der Waals surface area (Å²) in [5, 5.41) is 0.530. The summed E-state index contributed by atoms with van der Waals surface area (Å²) in [5.74, 6) is 2.01. The van der Waals surface area contributed by atoms with Gasteiger partial charge in [-0.25, -0.2) is 0 Å². The fourth-order valence-electron chi connectivity index (χ4n) is 2.03. The van der Waals surface area contributed by atoms with Crippen LogP contribution in [0.4, 0.5) is 0 Å². The molecular formula is C15H21ClO3. The molecule has 106 valence electrons. The van der Waals surface area contributed by atoms with E-state index in [9.17, 15) is 0 Å². The van der Waals surface area contributed by atoms with Crippen LogP contribution in [0.5, 0.6) is 17.2 Å². The molecule has 0 saturated heterocycles. The molecule has 0 bridgehead atoms. The fourth-order valence-corrected chi connectivity index (χ4v) is 2.31. The third kappa shape index (κ3) is 3.35. The first-order valence-corrected chi connectivity index (χ1v) is 6.57. The first kappa shape index (κ1) is 15.7. The second-order valence-corrected chi connectivity index (χ2v) is 4.66. The van der Waals surface area contributed by atoms with Gasteiger partial charge in [0.2, 0.25) is 5.75 Å². The van der Waals surface area contributed by atoms with Crippen molar-refractivity contribution in [3.05, 3.63) is 28.8 Å². The van der Waals surface area contributed by atoms with Crippen LogP contribution >= 0.6 is 11.6 Å². The average molecular weight is 285 g/mol. The van der Waals surface area contributed by atoms with E-state index in [2.05, 4.69) is 13.0 Å². The van der Waals surface area contributed by atoms with Crippen LogP contribution in [0.25, 0.3) is 0 Å². The Hall–Kier alpha value is -1.35. The SMILES string of the molecule is C/C=C\CC(C)c1cc(Cl)c(OC)c(OC)c1OC. The molecule has 0 spiro atoms. The van der Waals surface area contributed by atoms with Crippen molar-refractivity contribution in [3.8, 4) is 17.2 Å². The van der Waals surface area contributed by atoms with Crippen molar-refractivity contribution in [1.82, 2.24) is 0 Å². The van der Waals surface area contributed by atoms with E-state index in [1.807, 2.05) is 19.1 Å². The molecule has 1 rings (SSSR count). The maximum absolute atomic E-state index is 6.24. The van der Waals surface area contributed by atoms with E-state index in [0.29, 0.717) is 22.3 Å². The standard InChI is InChI=1S/C15H21ClO3/c1-6-7-8-10(2)11-9-12(16)14(18-4)15(19-5)13(11)17-3/h6-7,9-10H,8H2,1-5H3/b7-6-. The summed E-state index contributed by atoms with van der Waals surface area (Å²) in [6, 6.07) is 1.88. The number of benzene rings is 1. The maximum Gasteiger partial charge on any atom is 0.205 e. The normalized spacial score (nSPS) is 12.5. The van der Waals surface area contributed by atoms with Crippen molar-refractivity contribution in [2.75, 3.05) is 21.3 Å². The molecule has 19 heavy (non-hydrogen) atoms. The van der Waals surface area contributed by atoms with E-state index < -0.39 is 0 Å². The van der Waals surface area contributed by atoms with Crippen LogP contribution in [0.2, 0.25) is 5.02 Å². The van der Waals surface area contributed by atoms with E-state index in [-0.39, 0.29) is 5.92 Å². The average Bonchev–Trinajstić information content (AvgIpc) is 2.43. The predicted molar refractivity (Wildman–Crippen MR) is 79.0 cm³/mol. The number of ether oxygens (including phenoxy) is 3. The van der Waals surface area contributed by atoms with Gasteiger partial charge in [-0.2, -0.15) is 0 Å². The fraction of sp³-hybridized carbons (Fsp3) is 0.467. The zero-order valence-corrected chi connectivity index (χ0v) is 12.9. The number of hydrogen-bond donors (Lipinski definition) is 0. The van der Waals surface area contributed by atoms with Crippen LogP contribution < -0.4 is 14.2 Å². The van der Waals surface area contributed by atoms with Gasteiger partial charge in [0.1, 0.15) is 0 Å². The highest BCUT2D eigenvalue weighted by Gasteiger charge is 2.22. The molecule has 4 heteroatoms. The zero-order valence-electron chi connectivity index (χ0n) is 12.1. The molecule has 0 aliphatic heterocycles. The van der Waals surface area contributed by atoms with Crippen LogP contribution in [0.1, 0.15) is 31.7 Å². The van der Waals surface area contributed by atoms with Gasteiger partial charge in [-0.15, -0.1) is 0 Å². The van der Waals surface area contributed by atoms with E-state index in [1.54, 1.807) is 21.3 Å². The molecule has 0 heterocycles. The maximum atomic E-state index is 6.24. The topological polar surface area (TPSA) is 27.7 Å². The summed E-state index contributed by atoms with van der Waals surface area (Å²) in [5.41, 5.74) is 1.02. The van der Waals surface area contributed by atoms with Gasteiger partial charge < -0.3 is 14.2 Å². The minimum absolute atomic E-state index is 0.281. The largest absolute Gasteiger partial charge is 0.492 e. The Labute approximate surface area is 120 Å². The first-order chi connectivity index (χ1) is 9.10. The Bertz CT molecular complexity index is 455.